The maximum Gasteiger partial charge on any atom is 0.241 e. The van der Waals surface area contributed by atoms with Gasteiger partial charge in [0.05, 0.1) is 12.7 Å². The molecule has 1 fully saturated rings. The van der Waals surface area contributed by atoms with Gasteiger partial charge in [-0.25, -0.2) is 0 Å². The van der Waals surface area contributed by atoms with Crippen LogP contribution in [0, 0.1) is 5.92 Å². The molecule has 3 unspecified atom stereocenters. The second-order valence-electron chi connectivity index (χ2n) is 4.78. The Labute approximate surface area is 100 Å². The number of hydrogen-bond donors (Lipinski definition) is 1. The van der Waals surface area contributed by atoms with Crippen molar-refractivity contribution < 1.29 is 9.00 Å². The molecule has 1 N–H and O–H groups in total. The highest BCUT2D eigenvalue weighted by atomic mass is 32.2. The van der Waals surface area contributed by atoms with E-state index in [1.54, 1.807) is 6.26 Å². The highest BCUT2D eigenvalue weighted by Crippen LogP contribution is 2.13. The number of nitrogens with one attached hydrogen (secondary N) is 1. The molecule has 0 aliphatic carbocycles. The van der Waals surface area contributed by atoms with Gasteiger partial charge >= 0.3 is 0 Å². The minimum absolute atomic E-state index is 0.0394. The second kappa shape index (κ2) is 5.77. The molecule has 3 atom stereocenters. The Kier molecular flexibility index (Phi) is 4.92. The van der Waals surface area contributed by atoms with Crippen molar-refractivity contribution in [3.05, 3.63) is 0 Å². The third kappa shape index (κ3) is 3.28. The van der Waals surface area contributed by atoms with Crippen molar-refractivity contribution in [2.75, 3.05) is 19.5 Å². The molecule has 1 aliphatic rings. The number of nitrogens with zero attached hydrogens (tertiary/aromatic N) is 1. The average Bonchev–Trinajstić information content (AvgIpc) is 2.56. The van der Waals surface area contributed by atoms with Crippen LogP contribution in [0.2, 0.25) is 0 Å². The fourth-order valence-corrected chi connectivity index (χ4v) is 2.22. The summed E-state index contributed by atoms with van der Waals surface area (Å²) < 4.78 is 11.2. The summed E-state index contributed by atoms with van der Waals surface area (Å²) in [6.45, 7) is 7.39. The van der Waals surface area contributed by atoms with Crippen LogP contribution in [0.4, 0.5) is 0 Å². The Morgan fingerprint density at radius 2 is 2.12 bits per heavy atom. The smallest absolute Gasteiger partial charge is 0.241 e. The largest absolute Gasteiger partial charge is 0.329 e. The normalized spacial score (nSPS) is 25.2. The van der Waals surface area contributed by atoms with E-state index in [9.17, 15) is 9.00 Å². The summed E-state index contributed by atoms with van der Waals surface area (Å²) in [5, 5.41) is 3.37. The molecule has 1 rings (SSSR count). The number of hydrogen-bond acceptors (Lipinski definition) is 3. The van der Waals surface area contributed by atoms with Crippen LogP contribution in [0.1, 0.15) is 27.2 Å². The van der Waals surface area contributed by atoms with Gasteiger partial charge in [-0.05, 0) is 12.3 Å². The standard InChI is InChI=1S/C11H22N2O2S/c1-8(2)10-11(14)13(7-12-10)6-5-9(3)16(4)15/h8-10,12H,5-7H2,1-4H3. The van der Waals surface area contributed by atoms with E-state index in [-0.39, 0.29) is 17.2 Å². The maximum atomic E-state index is 11.9. The summed E-state index contributed by atoms with van der Waals surface area (Å²) in [6.07, 6.45) is 2.52. The number of carbonyl (C=O) groups is 1. The van der Waals surface area contributed by atoms with Crippen LogP contribution < -0.4 is 5.32 Å². The van der Waals surface area contributed by atoms with Gasteiger partial charge in [0.25, 0.3) is 0 Å². The van der Waals surface area contributed by atoms with E-state index in [1.165, 1.54) is 0 Å². The summed E-state index contributed by atoms with van der Waals surface area (Å²) in [5.41, 5.74) is 0. The first-order valence-electron chi connectivity index (χ1n) is 5.78. The lowest BCUT2D eigenvalue weighted by Gasteiger charge is -2.18. The Balaban J connectivity index is 2.40. The van der Waals surface area contributed by atoms with Crippen LogP contribution in [0.25, 0.3) is 0 Å². The summed E-state index contributed by atoms with van der Waals surface area (Å²) in [4.78, 5) is 13.7. The molecule has 1 aliphatic heterocycles. The van der Waals surface area contributed by atoms with Crippen LogP contribution in [-0.2, 0) is 15.6 Å². The van der Waals surface area contributed by atoms with Gasteiger partial charge in [0.15, 0.2) is 0 Å². The van der Waals surface area contributed by atoms with Crippen molar-refractivity contribution in [3.63, 3.8) is 0 Å². The fourth-order valence-electron chi connectivity index (χ4n) is 1.78. The van der Waals surface area contributed by atoms with Gasteiger partial charge in [-0.3, -0.25) is 14.3 Å². The van der Waals surface area contributed by atoms with E-state index in [0.29, 0.717) is 19.1 Å². The molecule has 1 saturated heterocycles. The molecule has 0 aromatic rings. The second-order valence-corrected chi connectivity index (χ2v) is 6.59. The lowest BCUT2D eigenvalue weighted by Crippen LogP contribution is -2.35. The number of rotatable bonds is 5. The van der Waals surface area contributed by atoms with Crippen LogP contribution in [0.15, 0.2) is 0 Å². The van der Waals surface area contributed by atoms with Crippen LogP contribution in [0.5, 0.6) is 0 Å². The first-order valence-corrected chi connectivity index (χ1v) is 7.40. The van der Waals surface area contributed by atoms with Gasteiger partial charge in [-0.2, -0.15) is 0 Å². The van der Waals surface area contributed by atoms with Crippen molar-refractivity contribution in [3.8, 4) is 0 Å². The molecular weight excluding hydrogens is 224 g/mol. The third-order valence-corrected chi connectivity index (χ3v) is 4.49. The van der Waals surface area contributed by atoms with E-state index in [1.807, 2.05) is 25.7 Å². The minimum atomic E-state index is -0.797. The van der Waals surface area contributed by atoms with Gasteiger partial charge in [-0.1, -0.05) is 20.8 Å². The first kappa shape index (κ1) is 13.6. The molecule has 0 aromatic carbocycles. The molecule has 94 valence electrons. The van der Waals surface area contributed by atoms with Crippen LogP contribution in [-0.4, -0.2) is 45.8 Å². The number of carbonyl (C=O) groups excluding carboxylic acids is 1. The lowest BCUT2D eigenvalue weighted by molar-refractivity contribution is -0.129. The van der Waals surface area contributed by atoms with Crippen molar-refractivity contribution in [2.24, 2.45) is 5.92 Å². The average molecular weight is 246 g/mol. The third-order valence-electron chi connectivity index (χ3n) is 3.12. The Morgan fingerprint density at radius 3 is 2.56 bits per heavy atom. The SMILES string of the molecule is CC(C)C1NCN(CCC(C)S(C)=O)C1=O. The highest BCUT2D eigenvalue weighted by Gasteiger charge is 2.32. The van der Waals surface area contributed by atoms with Gasteiger partial charge in [0.2, 0.25) is 5.91 Å². The highest BCUT2D eigenvalue weighted by molar-refractivity contribution is 7.84. The molecule has 16 heavy (non-hydrogen) atoms. The van der Waals surface area contributed by atoms with E-state index in [4.69, 9.17) is 0 Å². The van der Waals surface area contributed by atoms with Gasteiger partial charge < -0.3 is 4.90 Å². The zero-order valence-electron chi connectivity index (χ0n) is 10.5. The fraction of sp³-hybridized carbons (Fsp3) is 0.909. The topological polar surface area (TPSA) is 49.4 Å². The maximum absolute atomic E-state index is 11.9. The molecule has 0 spiro atoms. The van der Waals surface area contributed by atoms with Crippen LogP contribution >= 0.6 is 0 Å². The van der Waals surface area contributed by atoms with E-state index in [0.717, 1.165) is 6.42 Å². The molecule has 1 heterocycles. The molecule has 0 radical (unpaired) electrons. The zero-order chi connectivity index (χ0) is 12.3. The molecule has 1 amide bonds. The summed E-state index contributed by atoms with van der Waals surface area (Å²) in [5.74, 6) is 0.513. The van der Waals surface area contributed by atoms with Gasteiger partial charge in [0.1, 0.15) is 0 Å². The van der Waals surface area contributed by atoms with Crippen molar-refractivity contribution in [1.82, 2.24) is 10.2 Å². The van der Waals surface area contributed by atoms with Crippen molar-refractivity contribution in [1.29, 1.82) is 0 Å². The molecule has 0 bridgehead atoms. The van der Waals surface area contributed by atoms with Crippen molar-refractivity contribution in [2.45, 2.75) is 38.5 Å². The van der Waals surface area contributed by atoms with Crippen molar-refractivity contribution >= 4 is 16.7 Å². The van der Waals surface area contributed by atoms with E-state index >= 15 is 0 Å². The Hall–Kier alpha value is -0.420. The van der Waals surface area contributed by atoms with E-state index < -0.39 is 10.8 Å². The quantitative estimate of drug-likeness (QED) is 0.771. The Morgan fingerprint density at radius 1 is 1.50 bits per heavy atom. The minimum Gasteiger partial charge on any atom is -0.329 e. The first-order chi connectivity index (χ1) is 7.43. The molecule has 0 saturated carbocycles. The molecule has 5 heteroatoms. The van der Waals surface area contributed by atoms with E-state index in [2.05, 4.69) is 5.32 Å². The lowest BCUT2D eigenvalue weighted by atomic mass is 10.1. The molecule has 0 aromatic heterocycles. The summed E-state index contributed by atoms with van der Waals surface area (Å²) in [6, 6.07) is -0.0394. The molecular formula is C11H22N2O2S. The Bertz CT molecular complexity index is 281. The van der Waals surface area contributed by atoms with Crippen LogP contribution in [0.3, 0.4) is 0 Å². The summed E-state index contributed by atoms with van der Waals surface area (Å²) >= 11 is 0. The monoisotopic (exact) mass is 246 g/mol. The zero-order valence-corrected chi connectivity index (χ0v) is 11.3. The van der Waals surface area contributed by atoms with Gasteiger partial charge in [0, 0.05) is 28.9 Å². The van der Waals surface area contributed by atoms with Gasteiger partial charge in [-0.15, -0.1) is 0 Å². The molecule has 4 nitrogen and oxygen atoms in total. The summed E-state index contributed by atoms with van der Waals surface area (Å²) in [7, 11) is -0.797. The number of amides is 1. The predicted octanol–water partition coefficient (Wildman–Crippen LogP) is 0.557. The predicted molar refractivity (Wildman–Crippen MR) is 66.5 cm³/mol.